The number of halogens is 2. The lowest BCUT2D eigenvalue weighted by molar-refractivity contribution is -0.0133. The summed E-state index contributed by atoms with van der Waals surface area (Å²) < 4.78 is 30.0. The fraction of sp³-hybridized carbons (Fsp3) is 0.346. The number of fused-ring (bicyclic) bond motifs is 3. The first-order chi connectivity index (χ1) is 16.8. The molecule has 180 valence electrons. The number of nitrogens with one attached hydrogen (secondary N) is 1. The van der Waals surface area contributed by atoms with Crippen molar-refractivity contribution in [2.24, 2.45) is 13.0 Å². The molecule has 0 unspecified atom stereocenters. The van der Waals surface area contributed by atoms with E-state index in [9.17, 15) is 18.7 Å². The van der Waals surface area contributed by atoms with Crippen LogP contribution in [0.1, 0.15) is 25.0 Å². The molecule has 3 aliphatic heterocycles. The second kappa shape index (κ2) is 8.27. The Bertz CT molecular complexity index is 1420. The zero-order valence-electron chi connectivity index (χ0n) is 19.0. The lowest BCUT2D eigenvalue weighted by Crippen LogP contribution is -2.43. The fourth-order valence-electron chi connectivity index (χ4n) is 5.46. The number of hydrogen-bond donors (Lipinski definition) is 2. The van der Waals surface area contributed by atoms with Crippen molar-refractivity contribution in [2.45, 2.75) is 42.2 Å². The predicted octanol–water partition coefficient (Wildman–Crippen LogP) is 4.48. The van der Waals surface area contributed by atoms with Crippen LogP contribution in [0.15, 0.2) is 58.4 Å². The molecule has 6 nitrogen and oxygen atoms in total. The second-order valence-corrected chi connectivity index (χ2v) is 10.6. The van der Waals surface area contributed by atoms with Gasteiger partial charge in [0.25, 0.3) is 11.5 Å². The summed E-state index contributed by atoms with van der Waals surface area (Å²) >= 11 is 1.63. The summed E-state index contributed by atoms with van der Waals surface area (Å²) in [7, 11) is 1.69. The predicted molar refractivity (Wildman–Crippen MR) is 132 cm³/mol. The molecule has 3 aromatic rings. The third-order valence-corrected chi connectivity index (χ3v) is 8.24. The summed E-state index contributed by atoms with van der Waals surface area (Å²) in [4.78, 5) is 12.9. The number of aryl methyl sites for hydroxylation is 1. The molecule has 0 amide bonds. The molecular formula is C26H24F2N4O2S. The summed E-state index contributed by atoms with van der Waals surface area (Å²) in [5.74, 6) is -1.83. The molecule has 0 aliphatic carbocycles. The first-order valence-electron chi connectivity index (χ1n) is 11.6. The fourth-order valence-corrected chi connectivity index (χ4v) is 6.39. The summed E-state index contributed by atoms with van der Waals surface area (Å²) in [5.41, 5.74) is 4.18. The Morgan fingerprint density at radius 2 is 1.97 bits per heavy atom. The van der Waals surface area contributed by atoms with Gasteiger partial charge in [-0.15, -0.1) is 22.0 Å². The van der Waals surface area contributed by atoms with Crippen molar-refractivity contribution >= 4 is 17.3 Å². The quantitative estimate of drug-likeness (QED) is 0.559. The highest BCUT2D eigenvalue weighted by Gasteiger charge is 2.53. The molecule has 2 saturated heterocycles. The van der Waals surface area contributed by atoms with E-state index in [2.05, 4.69) is 21.6 Å². The van der Waals surface area contributed by atoms with E-state index >= 15 is 0 Å². The van der Waals surface area contributed by atoms with Crippen LogP contribution in [0.2, 0.25) is 0 Å². The Morgan fingerprint density at radius 1 is 1.14 bits per heavy atom. The van der Waals surface area contributed by atoms with Crippen LogP contribution in [0.3, 0.4) is 0 Å². The van der Waals surface area contributed by atoms with Crippen LogP contribution in [0.5, 0.6) is 5.75 Å². The number of phenols is 1. The van der Waals surface area contributed by atoms with E-state index in [1.165, 1.54) is 10.6 Å². The maximum absolute atomic E-state index is 14.2. The van der Waals surface area contributed by atoms with Gasteiger partial charge in [-0.1, -0.05) is 12.1 Å². The molecule has 9 heteroatoms. The number of rotatable bonds is 3. The van der Waals surface area contributed by atoms with Crippen molar-refractivity contribution in [3.63, 3.8) is 0 Å². The van der Waals surface area contributed by atoms with E-state index in [1.54, 1.807) is 37.1 Å². The molecular weight excluding hydrogens is 470 g/mol. The van der Waals surface area contributed by atoms with Gasteiger partial charge in [0, 0.05) is 48.0 Å². The van der Waals surface area contributed by atoms with Gasteiger partial charge in [-0.3, -0.25) is 4.79 Å². The number of pyridine rings is 1. The third-order valence-electron chi connectivity index (χ3n) is 7.28. The van der Waals surface area contributed by atoms with E-state index in [4.69, 9.17) is 0 Å². The van der Waals surface area contributed by atoms with Gasteiger partial charge in [0.1, 0.15) is 11.4 Å². The number of hydrogen-bond acceptors (Lipinski definition) is 6. The van der Waals surface area contributed by atoms with Crippen LogP contribution in [0.25, 0.3) is 28.0 Å². The Morgan fingerprint density at radius 3 is 2.74 bits per heavy atom. The van der Waals surface area contributed by atoms with Crippen molar-refractivity contribution < 1.29 is 13.9 Å². The molecule has 2 N–H and O–H groups in total. The Labute approximate surface area is 205 Å². The molecule has 0 radical (unpaired) electrons. The zero-order chi connectivity index (χ0) is 24.3. The molecule has 0 saturated carbocycles. The Kier molecular flexibility index (Phi) is 5.30. The van der Waals surface area contributed by atoms with Gasteiger partial charge in [0.15, 0.2) is 0 Å². The Balaban J connectivity index is 1.29. The monoisotopic (exact) mass is 494 g/mol. The largest absolute Gasteiger partial charge is 0.507 e. The van der Waals surface area contributed by atoms with Crippen molar-refractivity contribution in [3.05, 3.63) is 64.7 Å². The molecule has 6 rings (SSSR count). The number of allylic oxidation sites excluding steroid dienone is 1. The maximum Gasteiger partial charge on any atom is 0.264 e. The molecule has 2 bridgehead atoms. The van der Waals surface area contributed by atoms with Crippen LogP contribution >= 0.6 is 11.8 Å². The van der Waals surface area contributed by atoms with Crippen molar-refractivity contribution in [3.8, 4) is 28.1 Å². The van der Waals surface area contributed by atoms with Crippen LogP contribution in [-0.2, 0) is 7.05 Å². The van der Waals surface area contributed by atoms with Gasteiger partial charge >= 0.3 is 0 Å². The van der Waals surface area contributed by atoms with E-state index in [-0.39, 0.29) is 29.7 Å². The van der Waals surface area contributed by atoms with Gasteiger partial charge < -0.3 is 15.0 Å². The minimum Gasteiger partial charge on any atom is -0.507 e. The molecule has 2 aromatic heterocycles. The Hall–Kier alpha value is -3.04. The van der Waals surface area contributed by atoms with E-state index in [1.807, 2.05) is 18.2 Å². The first kappa shape index (κ1) is 22.4. The number of piperidine rings is 1. The standard InChI is InChI=1S/C26H24F2N4O2S/c1-32-6-4-15(11-24(32)34)14-2-3-19(21(33)9-14)20-12-22-25(31-30-20)18(5-7-35-22)16-8-17-13-26(27,28)23(10-16)29-17/h2-6,9,11-12,16-17,23,29,33H,7-8,10,13H2,1H3/t16-,17-,23+/m0/s1. The van der Waals surface area contributed by atoms with E-state index < -0.39 is 12.0 Å². The number of phenolic OH excluding ortho intramolecular Hbond substituents is 1. The number of aromatic nitrogens is 3. The number of alkyl halides is 2. The smallest absolute Gasteiger partial charge is 0.264 e. The summed E-state index contributed by atoms with van der Waals surface area (Å²) in [6, 6.07) is 9.55. The molecule has 3 aliphatic rings. The molecule has 35 heavy (non-hydrogen) atoms. The number of aromatic hydroxyl groups is 1. The second-order valence-electron chi connectivity index (χ2n) is 9.56. The van der Waals surface area contributed by atoms with Gasteiger partial charge in [-0.25, -0.2) is 8.78 Å². The molecule has 3 atom stereocenters. The zero-order valence-corrected chi connectivity index (χ0v) is 19.9. The first-order valence-corrected chi connectivity index (χ1v) is 12.6. The maximum atomic E-state index is 14.2. The van der Waals surface area contributed by atoms with Crippen molar-refractivity contribution in [1.29, 1.82) is 0 Å². The van der Waals surface area contributed by atoms with E-state index in [0.29, 0.717) is 24.1 Å². The summed E-state index contributed by atoms with van der Waals surface area (Å²) in [6.07, 6.45) is 4.77. The number of thioether (sulfide) groups is 1. The molecule has 0 spiro atoms. The van der Waals surface area contributed by atoms with Crippen LogP contribution in [0, 0.1) is 5.92 Å². The van der Waals surface area contributed by atoms with Crippen molar-refractivity contribution in [2.75, 3.05) is 5.75 Å². The lowest BCUT2D eigenvalue weighted by Gasteiger charge is -2.32. The van der Waals surface area contributed by atoms with Crippen LogP contribution < -0.4 is 10.9 Å². The number of benzene rings is 1. The van der Waals surface area contributed by atoms with Crippen LogP contribution in [0.4, 0.5) is 8.78 Å². The normalized spacial score (nSPS) is 24.7. The third kappa shape index (κ3) is 3.96. The topological polar surface area (TPSA) is 80.0 Å². The highest BCUT2D eigenvalue weighted by atomic mass is 32.2. The lowest BCUT2D eigenvalue weighted by atomic mass is 9.84. The van der Waals surface area contributed by atoms with Gasteiger partial charge in [-0.2, -0.15) is 0 Å². The minimum absolute atomic E-state index is 0.0330. The van der Waals surface area contributed by atoms with Crippen molar-refractivity contribution in [1.82, 2.24) is 20.1 Å². The average Bonchev–Trinajstić information content (AvgIpc) is 3.05. The highest BCUT2D eigenvalue weighted by molar-refractivity contribution is 7.99. The summed E-state index contributed by atoms with van der Waals surface area (Å²) in [5, 5.41) is 22.7. The highest BCUT2D eigenvalue weighted by Crippen LogP contribution is 2.47. The SMILES string of the molecule is Cn1ccc(-c2ccc(-c3cc4c(nn3)C([C@H]3C[C@H]5CC(F)(F)[C@@H](C3)N5)=CCS4)c(O)c2)cc1=O. The van der Waals surface area contributed by atoms with Gasteiger partial charge in [0.05, 0.1) is 11.7 Å². The summed E-state index contributed by atoms with van der Waals surface area (Å²) in [6.45, 7) is 0. The van der Waals surface area contributed by atoms with E-state index in [0.717, 1.165) is 33.0 Å². The minimum atomic E-state index is -2.65. The molecule has 2 fully saturated rings. The van der Waals surface area contributed by atoms with Gasteiger partial charge in [-0.05, 0) is 59.7 Å². The molecule has 1 aromatic carbocycles. The molecule has 5 heterocycles. The van der Waals surface area contributed by atoms with Crippen LogP contribution in [-0.4, -0.2) is 43.6 Å². The van der Waals surface area contributed by atoms with Gasteiger partial charge in [0.2, 0.25) is 0 Å². The number of nitrogens with zero attached hydrogens (tertiary/aromatic N) is 3. The average molecular weight is 495 g/mol.